The Balaban J connectivity index is 1.41. The van der Waals surface area contributed by atoms with Crippen molar-refractivity contribution in [3.05, 3.63) is 83.9 Å². The minimum atomic E-state index is 0.0444. The fourth-order valence-electron chi connectivity index (χ4n) is 5.45. The molecular weight excluding hydrogens is 488 g/mol. The maximum atomic E-state index is 14.2. The highest BCUT2D eigenvalue weighted by Crippen LogP contribution is 2.37. The van der Waals surface area contributed by atoms with Gasteiger partial charge in [0.1, 0.15) is 5.82 Å². The van der Waals surface area contributed by atoms with Crippen molar-refractivity contribution in [3.63, 3.8) is 0 Å². The topological polar surface area (TPSA) is 66.9 Å². The van der Waals surface area contributed by atoms with Gasteiger partial charge in [-0.15, -0.1) is 0 Å². The molecule has 0 saturated carbocycles. The Labute approximate surface area is 229 Å². The zero-order valence-electron chi connectivity index (χ0n) is 22.7. The van der Waals surface area contributed by atoms with Gasteiger partial charge in [0.05, 0.1) is 17.2 Å². The van der Waals surface area contributed by atoms with Crippen LogP contribution in [-0.4, -0.2) is 53.3 Å². The van der Waals surface area contributed by atoms with Crippen molar-refractivity contribution in [2.75, 3.05) is 25.7 Å². The Morgan fingerprint density at radius 1 is 1.03 bits per heavy atom. The molecule has 1 aromatic heterocycles. The van der Waals surface area contributed by atoms with E-state index in [0.29, 0.717) is 24.0 Å². The quantitative estimate of drug-likeness (QED) is 0.314. The molecule has 1 atom stereocenters. The van der Waals surface area contributed by atoms with Crippen LogP contribution in [0.1, 0.15) is 42.6 Å². The molecule has 1 unspecified atom stereocenters. The van der Waals surface area contributed by atoms with Crippen LogP contribution in [0, 0.1) is 0 Å². The summed E-state index contributed by atoms with van der Waals surface area (Å²) in [6.45, 7) is 5.96. The maximum Gasteiger partial charge on any atom is 0.255 e. The van der Waals surface area contributed by atoms with Gasteiger partial charge < -0.3 is 19.7 Å². The monoisotopic (exact) mass is 522 g/mol. The van der Waals surface area contributed by atoms with E-state index < -0.39 is 0 Å². The molecular formula is C32H34N4O3. The van der Waals surface area contributed by atoms with Crippen LogP contribution in [-0.2, 0) is 6.54 Å². The first-order valence-electron chi connectivity index (χ1n) is 13.6. The molecule has 1 saturated heterocycles. The number of nitrogens with one attached hydrogen (secondary N) is 1. The van der Waals surface area contributed by atoms with Gasteiger partial charge in [-0.1, -0.05) is 42.5 Å². The third-order valence-corrected chi connectivity index (χ3v) is 7.83. The average molecular weight is 523 g/mol. The Kier molecular flexibility index (Phi) is 6.83. The zero-order valence-corrected chi connectivity index (χ0v) is 22.7. The molecule has 1 N–H and O–H groups in total. The molecule has 7 heteroatoms. The fraction of sp³-hybridized carbons (Fsp3) is 0.312. The molecule has 39 heavy (non-hydrogen) atoms. The van der Waals surface area contributed by atoms with Crippen LogP contribution in [0.5, 0.6) is 11.5 Å². The van der Waals surface area contributed by atoms with E-state index in [4.69, 9.17) is 14.5 Å². The highest BCUT2D eigenvalue weighted by atomic mass is 16.7. The summed E-state index contributed by atoms with van der Waals surface area (Å²) in [6.07, 6.45) is 2.06. The Hall–Kier alpha value is -4.10. The second-order valence-corrected chi connectivity index (χ2v) is 10.6. The molecule has 1 fully saturated rings. The molecule has 0 bridgehead atoms. The number of pyridine rings is 1. The molecule has 0 spiro atoms. The molecule has 3 heterocycles. The summed E-state index contributed by atoms with van der Waals surface area (Å²) in [5.74, 6) is 2.22. The summed E-state index contributed by atoms with van der Waals surface area (Å²) < 4.78 is 11.1. The molecule has 2 aliphatic heterocycles. The number of carbonyl (C=O) groups is 1. The Morgan fingerprint density at radius 2 is 1.79 bits per heavy atom. The number of hydrogen-bond donors (Lipinski definition) is 1. The summed E-state index contributed by atoms with van der Waals surface area (Å²) in [4.78, 5) is 23.5. The second kappa shape index (κ2) is 10.6. The minimum absolute atomic E-state index is 0.0444. The van der Waals surface area contributed by atoms with Gasteiger partial charge in [-0.05, 0) is 80.8 Å². The lowest BCUT2D eigenvalue weighted by molar-refractivity contribution is 0.0465. The largest absolute Gasteiger partial charge is 0.454 e. The standard InChI is InChI=1S/C32H34N4O3/c1-21(2)35(3)31-10-7-15-36(31)32(37)26-18-30(33-19-22-8-5-4-6-9-22)34-27-13-11-23(16-25(26)27)24-12-14-28-29(17-24)39-20-38-28/h4-6,8-9,11-14,16-18,21,31H,7,10,15,19-20H2,1-3H3,(H,33,34). The molecule has 0 radical (unpaired) electrons. The molecule has 3 aromatic carbocycles. The van der Waals surface area contributed by atoms with E-state index in [9.17, 15) is 4.79 Å². The summed E-state index contributed by atoms with van der Waals surface area (Å²) in [5, 5.41) is 4.29. The van der Waals surface area contributed by atoms with Crippen molar-refractivity contribution in [2.45, 2.75) is 45.4 Å². The van der Waals surface area contributed by atoms with Gasteiger partial charge in [0.15, 0.2) is 11.5 Å². The van der Waals surface area contributed by atoms with Crippen molar-refractivity contribution >= 4 is 22.6 Å². The van der Waals surface area contributed by atoms with Crippen molar-refractivity contribution in [2.24, 2.45) is 0 Å². The van der Waals surface area contributed by atoms with Crippen LogP contribution in [0.3, 0.4) is 0 Å². The van der Waals surface area contributed by atoms with Crippen LogP contribution >= 0.6 is 0 Å². The summed E-state index contributed by atoms with van der Waals surface area (Å²) in [5.41, 5.74) is 4.61. The number of aromatic nitrogens is 1. The number of ether oxygens (including phenoxy) is 2. The average Bonchev–Trinajstić information content (AvgIpc) is 3.64. The predicted octanol–water partition coefficient (Wildman–Crippen LogP) is 6.14. The highest BCUT2D eigenvalue weighted by Gasteiger charge is 2.34. The maximum absolute atomic E-state index is 14.2. The molecule has 4 aromatic rings. The lowest BCUT2D eigenvalue weighted by Crippen LogP contribution is -2.48. The third kappa shape index (κ3) is 5.02. The van der Waals surface area contributed by atoms with E-state index in [-0.39, 0.29) is 18.9 Å². The van der Waals surface area contributed by atoms with E-state index in [1.807, 2.05) is 59.5 Å². The third-order valence-electron chi connectivity index (χ3n) is 7.83. The van der Waals surface area contributed by atoms with Crippen molar-refractivity contribution in [1.29, 1.82) is 0 Å². The van der Waals surface area contributed by atoms with Gasteiger partial charge in [-0.3, -0.25) is 9.69 Å². The van der Waals surface area contributed by atoms with E-state index in [1.54, 1.807) is 0 Å². The molecule has 0 aliphatic carbocycles. The van der Waals surface area contributed by atoms with Gasteiger partial charge in [0, 0.05) is 24.5 Å². The number of nitrogens with zero attached hydrogens (tertiary/aromatic N) is 3. The van der Waals surface area contributed by atoms with Crippen LogP contribution in [0.4, 0.5) is 5.82 Å². The SMILES string of the molecule is CC(C)N(C)C1CCCN1C(=O)c1cc(NCc2ccccc2)nc2ccc(-c3ccc4c(c3)OCO4)cc12. The number of likely N-dealkylation sites (tertiary alicyclic amines) is 1. The van der Waals surface area contributed by atoms with E-state index >= 15 is 0 Å². The highest BCUT2D eigenvalue weighted by molar-refractivity contribution is 6.08. The Bertz CT molecular complexity index is 1500. The van der Waals surface area contributed by atoms with E-state index in [1.165, 1.54) is 0 Å². The van der Waals surface area contributed by atoms with Gasteiger partial charge in [0.2, 0.25) is 6.79 Å². The summed E-state index contributed by atoms with van der Waals surface area (Å²) >= 11 is 0. The number of carbonyl (C=O) groups excluding carboxylic acids is 1. The first-order chi connectivity index (χ1) is 19.0. The van der Waals surface area contributed by atoms with Gasteiger partial charge >= 0.3 is 0 Å². The number of rotatable bonds is 7. The number of benzene rings is 3. The fourth-order valence-corrected chi connectivity index (χ4v) is 5.45. The van der Waals surface area contributed by atoms with Gasteiger partial charge in [-0.25, -0.2) is 4.98 Å². The van der Waals surface area contributed by atoms with E-state index in [2.05, 4.69) is 49.3 Å². The minimum Gasteiger partial charge on any atom is -0.454 e. The first-order valence-corrected chi connectivity index (χ1v) is 13.6. The predicted molar refractivity (Wildman–Crippen MR) is 154 cm³/mol. The molecule has 6 rings (SSSR count). The van der Waals surface area contributed by atoms with Crippen LogP contribution < -0.4 is 14.8 Å². The van der Waals surface area contributed by atoms with Gasteiger partial charge in [0.25, 0.3) is 5.91 Å². The van der Waals surface area contributed by atoms with Crippen molar-refractivity contribution < 1.29 is 14.3 Å². The summed E-state index contributed by atoms with van der Waals surface area (Å²) in [7, 11) is 2.11. The smallest absolute Gasteiger partial charge is 0.255 e. The van der Waals surface area contributed by atoms with E-state index in [0.717, 1.165) is 58.5 Å². The van der Waals surface area contributed by atoms with Crippen LogP contribution in [0.2, 0.25) is 0 Å². The molecule has 7 nitrogen and oxygen atoms in total. The van der Waals surface area contributed by atoms with Gasteiger partial charge in [-0.2, -0.15) is 0 Å². The van der Waals surface area contributed by atoms with Crippen molar-refractivity contribution in [3.8, 4) is 22.6 Å². The zero-order chi connectivity index (χ0) is 26.9. The lowest BCUT2D eigenvalue weighted by Gasteiger charge is -2.35. The summed E-state index contributed by atoms with van der Waals surface area (Å²) in [6, 6.07) is 24.5. The second-order valence-electron chi connectivity index (χ2n) is 10.6. The lowest BCUT2D eigenvalue weighted by atomic mass is 9.99. The first kappa shape index (κ1) is 25.2. The van der Waals surface area contributed by atoms with Crippen molar-refractivity contribution in [1.82, 2.24) is 14.8 Å². The number of amides is 1. The number of hydrogen-bond acceptors (Lipinski definition) is 6. The number of fused-ring (bicyclic) bond motifs is 2. The molecule has 200 valence electrons. The van der Waals surface area contributed by atoms with Crippen LogP contribution in [0.25, 0.3) is 22.0 Å². The van der Waals surface area contributed by atoms with Crippen LogP contribution in [0.15, 0.2) is 72.8 Å². The molecule has 2 aliphatic rings. The number of anilines is 1. The normalized spacial score (nSPS) is 16.4. The molecule has 1 amide bonds. The Morgan fingerprint density at radius 3 is 2.62 bits per heavy atom.